The van der Waals surface area contributed by atoms with Crippen molar-refractivity contribution in [3.05, 3.63) is 120 Å². The third kappa shape index (κ3) is 6.47. The van der Waals surface area contributed by atoms with E-state index in [1.54, 1.807) is 65.4 Å². The summed E-state index contributed by atoms with van der Waals surface area (Å²) in [6.45, 7) is 2.29. The minimum atomic E-state index is -0.704. The average Bonchev–Trinajstić information content (AvgIpc) is 3.01. The van der Waals surface area contributed by atoms with Gasteiger partial charge in [-0.1, -0.05) is 55.5 Å². The normalized spacial score (nSPS) is 14.1. The van der Waals surface area contributed by atoms with Crippen molar-refractivity contribution >= 4 is 29.1 Å². The molecule has 208 valence electrons. The Bertz CT molecular complexity index is 1540. The van der Waals surface area contributed by atoms with Crippen LogP contribution >= 0.6 is 0 Å². The van der Waals surface area contributed by atoms with E-state index in [4.69, 9.17) is 4.74 Å². The van der Waals surface area contributed by atoms with Gasteiger partial charge in [0.15, 0.2) is 0 Å². The van der Waals surface area contributed by atoms with Crippen molar-refractivity contribution in [1.82, 2.24) is 4.90 Å². The summed E-state index contributed by atoms with van der Waals surface area (Å²) in [4.78, 5) is 43.0. The quantitative estimate of drug-likeness (QED) is 0.275. The molecule has 4 aromatic carbocycles. The first-order valence-corrected chi connectivity index (χ1v) is 13.8. The largest absolute Gasteiger partial charge is 0.457 e. The minimum absolute atomic E-state index is 0.0394. The number of rotatable bonds is 8. The van der Waals surface area contributed by atoms with Crippen LogP contribution in [0.5, 0.6) is 11.5 Å². The van der Waals surface area contributed by atoms with E-state index in [1.807, 2.05) is 61.5 Å². The van der Waals surface area contributed by atoms with Crippen LogP contribution in [0, 0.1) is 0 Å². The van der Waals surface area contributed by atoms with E-state index in [1.165, 1.54) is 0 Å². The molecule has 0 aromatic heterocycles. The molecule has 5 rings (SSSR count). The van der Waals surface area contributed by atoms with Crippen molar-refractivity contribution in [1.29, 1.82) is 0 Å². The molecule has 0 fully saturated rings. The first-order valence-electron chi connectivity index (χ1n) is 13.8. The second kappa shape index (κ2) is 12.5. The molecule has 4 aromatic rings. The van der Waals surface area contributed by atoms with Crippen LogP contribution in [-0.2, 0) is 22.6 Å². The van der Waals surface area contributed by atoms with Gasteiger partial charge in [0, 0.05) is 43.4 Å². The smallest absolute Gasteiger partial charge is 0.254 e. The van der Waals surface area contributed by atoms with Gasteiger partial charge in [0.2, 0.25) is 11.8 Å². The molecule has 0 spiro atoms. The first kappa shape index (κ1) is 27.6. The Balaban J connectivity index is 1.36. The van der Waals surface area contributed by atoms with Gasteiger partial charge in [-0.15, -0.1) is 0 Å². The second-order valence-electron chi connectivity index (χ2n) is 10.1. The van der Waals surface area contributed by atoms with Crippen LogP contribution in [-0.4, -0.2) is 35.7 Å². The number of ether oxygens (including phenoxy) is 1. The molecule has 0 bridgehead atoms. The zero-order chi connectivity index (χ0) is 28.8. The Labute approximate surface area is 240 Å². The van der Waals surface area contributed by atoms with Crippen molar-refractivity contribution in [2.75, 3.05) is 17.3 Å². The van der Waals surface area contributed by atoms with Gasteiger partial charge in [-0.3, -0.25) is 14.4 Å². The lowest BCUT2D eigenvalue weighted by molar-refractivity contribution is -0.121. The molecular formula is C34H33N3O4. The van der Waals surface area contributed by atoms with E-state index >= 15 is 0 Å². The Hall–Kier alpha value is -4.91. The molecule has 1 aliphatic heterocycles. The van der Waals surface area contributed by atoms with E-state index in [2.05, 4.69) is 5.32 Å². The van der Waals surface area contributed by atoms with E-state index in [0.29, 0.717) is 42.1 Å². The zero-order valence-electron chi connectivity index (χ0n) is 23.2. The summed E-state index contributed by atoms with van der Waals surface area (Å²) in [5.41, 5.74) is 3.86. The van der Waals surface area contributed by atoms with Gasteiger partial charge < -0.3 is 19.9 Å². The van der Waals surface area contributed by atoms with Gasteiger partial charge in [0.25, 0.3) is 5.91 Å². The summed E-state index contributed by atoms with van der Waals surface area (Å²) in [7, 11) is 1.74. The molecule has 1 heterocycles. The van der Waals surface area contributed by atoms with E-state index in [-0.39, 0.29) is 17.7 Å². The number of anilines is 2. The van der Waals surface area contributed by atoms with Crippen LogP contribution in [0.4, 0.5) is 11.4 Å². The number of carbonyl (C=O) groups is 3. The predicted octanol–water partition coefficient (Wildman–Crippen LogP) is 6.45. The third-order valence-electron chi connectivity index (χ3n) is 7.23. The number of hydrogen-bond donors (Lipinski definition) is 1. The summed E-state index contributed by atoms with van der Waals surface area (Å²) in [5, 5.41) is 2.98. The molecule has 1 N–H and O–H groups in total. The molecule has 3 amide bonds. The van der Waals surface area contributed by atoms with Crippen molar-refractivity contribution < 1.29 is 19.1 Å². The van der Waals surface area contributed by atoms with Gasteiger partial charge in [-0.05, 0) is 72.1 Å². The van der Waals surface area contributed by atoms with Crippen LogP contribution < -0.4 is 15.0 Å². The number of benzene rings is 4. The SMILES string of the molecule is CCCC(=O)N(C)c1ccc(NC(=O)C2Cc3ccccc3CN2C(=O)c2cccc(Oc3ccccc3)c2)cc1. The highest BCUT2D eigenvalue weighted by Crippen LogP contribution is 2.28. The number of nitrogens with zero attached hydrogens (tertiary/aromatic N) is 2. The fourth-order valence-corrected chi connectivity index (χ4v) is 4.97. The molecule has 0 saturated heterocycles. The molecule has 1 unspecified atom stereocenters. The fraction of sp³-hybridized carbons (Fsp3) is 0.206. The van der Waals surface area contributed by atoms with Crippen molar-refractivity contribution in [3.8, 4) is 11.5 Å². The van der Waals surface area contributed by atoms with Gasteiger partial charge in [0.1, 0.15) is 17.5 Å². The van der Waals surface area contributed by atoms with Gasteiger partial charge in [-0.25, -0.2) is 0 Å². The lowest BCUT2D eigenvalue weighted by Gasteiger charge is -2.36. The molecule has 7 nitrogen and oxygen atoms in total. The van der Waals surface area contributed by atoms with E-state index in [9.17, 15) is 14.4 Å². The lowest BCUT2D eigenvalue weighted by Crippen LogP contribution is -2.50. The maximum Gasteiger partial charge on any atom is 0.254 e. The van der Waals surface area contributed by atoms with Crippen molar-refractivity contribution in [3.63, 3.8) is 0 Å². The molecule has 0 radical (unpaired) electrons. The number of hydrogen-bond acceptors (Lipinski definition) is 4. The predicted molar refractivity (Wildman–Crippen MR) is 160 cm³/mol. The number of fused-ring (bicyclic) bond motifs is 1. The summed E-state index contributed by atoms with van der Waals surface area (Å²) >= 11 is 0. The third-order valence-corrected chi connectivity index (χ3v) is 7.23. The van der Waals surface area contributed by atoms with Gasteiger partial charge in [0.05, 0.1) is 0 Å². The summed E-state index contributed by atoms with van der Waals surface area (Å²) in [6, 6.07) is 30.8. The number of nitrogens with one attached hydrogen (secondary N) is 1. The number of amides is 3. The Morgan fingerprint density at radius 2 is 1.54 bits per heavy atom. The van der Waals surface area contributed by atoms with Crippen LogP contribution in [0.1, 0.15) is 41.3 Å². The molecule has 41 heavy (non-hydrogen) atoms. The Morgan fingerprint density at radius 3 is 2.27 bits per heavy atom. The average molecular weight is 548 g/mol. The molecule has 0 saturated carbocycles. The molecule has 1 atom stereocenters. The van der Waals surface area contributed by atoms with E-state index < -0.39 is 6.04 Å². The topological polar surface area (TPSA) is 79.0 Å². The van der Waals surface area contributed by atoms with Crippen LogP contribution in [0.25, 0.3) is 0 Å². The standard InChI is InChI=1S/C34H33N3O4/c1-3-10-32(38)36(2)28-19-17-27(18-20-28)35-33(39)31-22-24-11-7-8-12-26(24)23-37(31)34(40)25-13-9-16-30(21-25)41-29-14-5-4-6-15-29/h4-9,11-21,31H,3,10,22-23H2,1-2H3,(H,35,39). The lowest BCUT2D eigenvalue weighted by atomic mass is 9.92. The highest BCUT2D eigenvalue weighted by Gasteiger charge is 2.35. The molecule has 7 heteroatoms. The molecule has 0 aliphatic carbocycles. The minimum Gasteiger partial charge on any atom is -0.457 e. The second-order valence-corrected chi connectivity index (χ2v) is 10.1. The summed E-state index contributed by atoms with van der Waals surface area (Å²) in [5.74, 6) is 0.742. The zero-order valence-corrected chi connectivity index (χ0v) is 23.2. The van der Waals surface area contributed by atoms with Crippen LogP contribution in [0.2, 0.25) is 0 Å². The Morgan fingerprint density at radius 1 is 0.854 bits per heavy atom. The summed E-state index contributed by atoms with van der Waals surface area (Å²) < 4.78 is 5.95. The highest BCUT2D eigenvalue weighted by molar-refractivity contribution is 6.02. The molecule has 1 aliphatic rings. The first-order chi connectivity index (χ1) is 19.9. The summed E-state index contributed by atoms with van der Waals surface area (Å²) in [6.07, 6.45) is 1.66. The number of para-hydroxylation sites is 1. The van der Waals surface area contributed by atoms with Crippen molar-refractivity contribution in [2.24, 2.45) is 0 Å². The highest BCUT2D eigenvalue weighted by atomic mass is 16.5. The van der Waals surface area contributed by atoms with Crippen LogP contribution in [0.15, 0.2) is 103 Å². The van der Waals surface area contributed by atoms with Gasteiger partial charge >= 0.3 is 0 Å². The monoisotopic (exact) mass is 547 g/mol. The molecular weight excluding hydrogens is 514 g/mol. The maximum absolute atomic E-state index is 13.9. The maximum atomic E-state index is 13.9. The van der Waals surface area contributed by atoms with Crippen molar-refractivity contribution in [2.45, 2.75) is 38.8 Å². The van der Waals surface area contributed by atoms with Crippen LogP contribution in [0.3, 0.4) is 0 Å². The van der Waals surface area contributed by atoms with E-state index in [0.717, 1.165) is 23.2 Å². The van der Waals surface area contributed by atoms with Gasteiger partial charge in [-0.2, -0.15) is 0 Å². The Kier molecular flexibility index (Phi) is 8.44. The fourth-order valence-electron chi connectivity index (χ4n) is 4.97. The number of carbonyl (C=O) groups excluding carboxylic acids is 3.